The molecule has 0 heterocycles. The molecule has 0 aromatic rings. The zero-order chi connectivity index (χ0) is 42.1. The smallest absolute Gasteiger partial charge is 0.306 e. The summed E-state index contributed by atoms with van der Waals surface area (Å²) >= 11 is 0. The number of hydrogen-bond acceptors (Lipinski definition) is 5. The van der Waals surface area contributed by atoms with Gasteiger partial charge in [0, 0.05) is 19.4 Å². The minimum Gasteiger partial charge on any atom is -0.462 e. The van der Waals surface area contributed by atoms with Crippen molar-refractivity contribution in [1.82, 2.24) is 0 Å². The van der Waals surface area contributed by atoms with Crippen molar-refractivity contribution in [2.24, 2.45) is 0 Å². The van der Waals surface area contributed by atoms with Gasteiger partial charge in [0.2, 0.25) is 0 Å². The molecule has 0 aromatic carbocycles. The molecule has 0 aliphatic heterocycles. The van der Waals surface area contributed by atoms with E-state index in [4.69, 9.17) is 14.2 Å². The monoisotopic (exact) mass is 817 g/mol. The number of esters is 2. The first-order valence-corrected chi connectivity index (χ1v) is 25.9. The Balaban J connectivity index is 4.24. The van der Waals surface area contributed by atoms with Crippen LogP contribution in [-0.4, -0.2) is 37.9 Å². The maximum absolute atomic E-state index is 12.8. The summed E-state index contributed by atoms with van der Waals surface area (Å²) in [6.45, 7) is 7.85. The van der Waals surface area contributed by atoms with E-state index in [9.17, 15) is 9.59 Å². The van der Waals surface area contributed by atoms with E-state index in [0.29, 0.717) is 19.4 Å². The SMILES string of the molecule is CCCCCCCC/C=C\CCCCCCCC(=O)OC[C@@H](COCCCCCCCCCCCCCC)OC(=O)CCCCCCC/C=C\CCCCCCCC. The van der Waals surface area contributed by atoms with Crippen LogP contribution in [0.4, 0.5) is 0 Å². The fourth-order valence-corrected chi connectivity index (χ4v) is 7.56. The standard InChI is InChI=1S/C53H100O5/c1-4-7-10-13-16-19-22-25-27-29-31-34-37-40-43-46-52(54)57-50-51(49-56-48-45-42-39-36-33-24-21-18-15-12-9-6-3)58-53(55)47-44-41-38-35-32-30-28-26-23-20-17-14-11-8-5-2/h25-28,51H,4-24,29-50H2,1-3H3/b27-25-,28-26-/t51-/m1/s1. The van der Waals surface area contributed by atoms with Gasteiger partial charge in [0.25, 0.3) is 0 Å². The molecule has 0 radical (unpaired) electrons. The van der Waals surface area contributed by atoms with Crippen LogP contribution in [0.15, 0.2) is 24.3 Å². The molecule has 5 heteroatoms. The van der Waals surface area contributed by atoms with Gasteiger partial charge in [-0.2, -0.15) is 0 Å². The Hall–Kier alpha value is -1.62. The number of rotatable bonds is 48. The van der Waals surface area contributed by atoms with Gasteiger partial charge < -0.3 is 14.2 Å². The molecule has 0 N–H and O–H groups in total. The average Bonchev–Trinajstić information content (AvgIpc) is 3.22. The second-order valence-electron chi connectivity index (χ2n) is 17.4. The summed E-state index contributed by atoms with van der Waals surface area (Å²) in [5.41, 5.74) is 0. The van der Waals surface area contributed by atoms with Crippen molar-refractivity contribution < 1.29 is 23.8 Å². The first-order valence-electron chi connectivity index (χ1n) is 25.9. The number of carbonyl (C=O) groups excluding carboxylic acids is 2. The molecular formula is C53H100O5. The molecule has 0 saturated heterocycles. The first kappa shape index (κ1) is 56.4. The Labute approximate surface area is 362 Å². The van der Waals surface area contributed by atoms with Gasteiger partial charge in [-0.05, 0) is 70.6 Å². The van der Waals surface area contributed by atoms with Crippen molar-refractivity contribution in [3.63, 3.8) is 0 Å². The number of hydrogen-bond donors (Lipinski definition) is 0. The van der Waals surface area contributed by atoms with Crippen LogP contribution in [0.25, 0.3) is 0 Å². The molecule has 0 saturated carbocycles. The second kappa shape index (κ2) is 49.7. The van der Waals surface area contributed by atoms with E-state index in [1.54, 1.807) is 0 Å². The lowest BCUT2D eigenvalue weighted by molar-refractivity contribution is -0.163. The van der Waals surface area contributed by atoms with Crippen molar-refractivity contribution in [1.29, 1.82) is 0 Å². The molecule has 0 aliphatic rings. The molecular weight excluding hydrogens is 717 g/mol. The maximum atomic E-state index is 12.8. The van der Waals surface area contributed by atoms with E-state index in [2.05, 4.69) is 45.1 Å². The lowest BCUT2D eigenvalue weighted by atomic mass is 10.1. The van der Waals surface area contributed by atoms with Crippen LogP contribution < -0.4 is 0 Å². The summed E-state index contributed by atoms with van der Waals surface area (Å²) in [4.78, 5) is 25.4. The van der Waals surface area contributed by atoms with Gasteiger partial charge in [-0.3, -0.25) is 9.59 Å². The maximum Gasteiger partial charge on any atom is 0.306 e. The van der Waals surface area contributed by atoms with Gasteiger partial charge in [0.1, 0.15) is 6.61 Å². The van der Waals surface area contributed by atoms with E-state index in [1.165, 1.54) is 186 Å². The highest BCUT2D eigenvalue weighted by Gasteiger charge is 2.17. The lowest BCUT2D eigenvalue weighted by Gasteiger charge is -2.18. The van der Waals surface area contributed by atoms with Gasteiger partial charge in [0.15, 0.2) is 6.10 Å². The molecule has 0 unspecified atom stereocenters. The molecule has 0 aromatic heterocycles. The van der Waals surface area contributed by atoms with Crippen LogP contribution in [0.3, 0.4) is 0 Å². The second-order valence-corrected chi connectivity index (χ2v) is 17.4. The van der Waals surface area contributed by atoms with Crippen molar-refractivity contribution >= 4 is 11.9 Å². The average molecular weight is 817 g/mol. The van der Waals surface area contributed by atoms with Gasteiger partial charge >= 0.3 is 11.9 Å². The molecule has 0 amide bonds. The zero-order valence-electron chi connectivity index (χ0n) is 39.3. The summed E-state index contributed by atoms with van der Waals surface area (Å²) in [7, 11) is 0. The third-order valence-electron chi connectivity index (χ3n) is 11.5. The molecule has 0 bridgehead atoms. The van der Waals surface area contributed by atoms with E-state index in [1.807, 2.05) is 0 Å². The lowest BCUT2D eigenvalue weighted by Crippen LogP contribution is -2.30. The Morgan fingerprint density at radius 2 is 0.672 bits per heavy atom. The topological polar surface area (TPSA) is 61.8 Å². The van der Waals surface area contributed by atoms with Crippen LogP contribution in [-0.2, 0) is 23.8 Å². The fourth-order valence-electron chi connectivity index (χ4n) is 7.56. The van der Waals surface area contributed by atoms with Crippen LogP contribution in [0.2, 0.25) is 0 Å². The molecule has 0 rings (SSSR count). The van der Waals surface area contributed by atoms with Crippen molar-refractivity contribution in [3.8, 4) is 0 Å². The first-order chi connectivity index (χ1) is 28.6. The van der Waals surface area contributed by atoms with Crippen LogP contribution >= 0.6 is 0 Å². The Kier molecular flexibility index (Phi) is 48.4. The highest BCUT2D eigenvalue weighted by Crippen LogP contribution is 2.15. The summed E-state index contributed by atoms with van der Waals surface area (Å²) < 4.78 is 17.4. The third kappa shape index (κ3) is 47.1. The van der Waals surface area contributed by atoms with Crippen molar-refractivity contribution in [2.75, 3.05) is 19.8 Å². The predicted octanol–water partition coefficient (Wildman–Crippen LogP) is 17.2. The summed E-state index contributed by atoms with van der Waals surface area (Å²) in [6.07, 6.45) is 57.5. The van der Waals surface area contributed by atoms with Crippen LogP contribution in [0.1, 0.15) is 278 Å². The van der Waals surface area contributed by atoms with Gasteiger partial charge in [0.05, 0.1) is 6.61 Å². The molecule has 0 spiro atoms. The molecule has 0 aliphatic carbocycles. The molecule has 58 heavy (non-hydrogen) atoms. The number of allylic oxidation sites excluding steroid dienone is 4. The summed E-state index contributed by atoms with van der Waals surface area (Å²) in [6, 6.07) is 0. The molecule has 1 atom stereocenters. The quantitative estimate of drug-likeness (QED) is 0.0348. The van der Waals surface area contributed by atoms with Gasteiger partial charge in [-0.25, -0.2) is 0 Å². The van der Waals surface area contributed by atoms with Gasteiger partial charge in [-0.1, -0.05) is 218 Å². The minimum absolute atomic E-state index is 0.0838. The van der Waals surface area contributed by atoms with E-state index in [-0.39, 0.29) is 25.2 Å². The van der Waals surface area contributed by atoms with Crippen molar-refractivity contribution in [3.05, 3.63) is 24.3 Å². The molecule has 5 nitrogen and oxygen atoms in total. The number of ether oxygens (including phenoxy) is 3. The number of unbranched alkanes of at least 4 members (excludes halogenated alkanes) is 33. The van der Waals surface area contributed by atoms with Crippen molar-refractivity contribution in [2.45, 2.75) is 284 Å². The normalized spacial score (nSPS) is 12.3. The third-order valence-corrected chi connectivity index (χ3v) is 11.5. The molecule has 0 fully saturated rings. The van der Waals surface area contributed by atoms with Crippen LogP contribution in [0.5, 0.6) is 0 Å². The summed E-state index contributed by atoms with van der Waals surface area (Å²) in [5, 5.41) is 0. The number of carbonyl (C=O) groups is 2. The van der Waals surface area contributed by atoms with Gasteiger partial charge in [-0.15, -0.1) is 0 Å². The highest BCUT2D eigenvalue weighted by molar-refractivity contribution is 5.70. The van der Waals surface area contributed by atoms with E-state index >= 15 is 0 Å². The minimum atomic E-state index is -0.536. The Morgan fingerprint density at radius 1 is 0.362 bits per heavy atom. The zero-order valence-corrected chi connectivity index (χ0v) is 39.3. The van der Waals surface area contributed by atoms with E-state index in [0.717, 1.165) is 57.8 Å². The van der Waals surface area contributed by atoms with E-state index < -0.39 is 6.10 Å². The van der Waals surface area contributed by atoms with Crippen LogP contribution in [0, 0.1) is 0 Å². The fraction of sp³-hybridized carbons (Fsp3) is 0.887. The highest BCUT2D eigenvalue weighted by atomic mass is 16.6. The largest absolute Gasteiger partial charge is 0.462 e. The Bertz CT molecular complexity index is 882. The summed E-state index contributed by atoms with van der Waals surface area (Å²) in [5.74, 6) is -0.401. The molecule has 342 valence electrons. The predicted molar refractivity (Wildman–Crippen MR) is 252 cm³/mol. The Morgan fingerprint density at radius 3 is 1.05 bits per heavy atom.